The average molecular weight is 244 g/mol. The lowest BCUT2D eigenvalue weighted by Gasteiger charge is -2.20. The highest BCUT2D eigenvalue weighted by Crippen LogP contribution is 2.24. The van der Waals surface area contributed by atoms with Crippen molar-refractivity contribution in [1.82, 2.24) is 5.43 Å². The van der Waals surface area contributed by atoms with Crippen molar-refractivity contribution in [2.75, 3.05) is 5.01 Å². The fourth-order valence-electron chi connectivity index (χ4n) is 1.65. The van der Waals surface area contributed by atoms with Gasteiger partial charge < -0.3 is 0 Å². The smallest absolute Gasteiger partial charge is 0.208 e. The van der Waals surface area contributed by atoms with E-state index in [9.17, 15) is 0 Å². The Kier molecular flexibility index (Phi) is 3.32. The topological polar surface area (TPSA) is 53.7 Å². The third kappa shape index (κ3) is 2.25. The minimum absolute atomic E-state index is 0.302. The second kappa shape index (κ2) is 4.90. The number of nitrogens with zero attached hydrogens (tertiary/aromatic N) is 2. The standard InChI is InChI=1S/C12H12N4S/c1-14-15-12(17)16(13)11-8-4-6-9-5-2-3-7-10(9)11/h2-8H,1,13H2,(H,15,17). The van der Waals surface area contributed by atoms with Crippen molar-refractivity contribution in [3.63, 3.8) is 0 Å². The van der Waals surface area contributed by atoms with E-state index in [1.165, 1.54) is 5.01 Å². The molecule has 5 heteroatoms. The molecule has 17 heavy (non-hydrogen) atoms. The number of anilines is 1. The van der Waals surface area contributed by atoms with Gasteiger partial charge in [0.05, 0.1) is 5.69 Å². The van der Waals surface area contributed by atoms with E-state index in [1.807, 2.05) is 42.5 Å². The average Bonchev–Trinajstić information content (AvgIpc) is 2.37. The number of fused-ring (bicyclic) bond motifs is 1. The van der Waals surface area contributed by atoms with Crippen LogP contribution in [-0.2, 0) is 0 Å². The number of nitrogens with one attached hydrogen (secondary N) is 1. The first-order valence-corrected chi connectivity index (χ1v) is 5.43. The minimum atomic E-state index is 0.302. The van der Waals surface area contributed by atoms with E-state index in [-0.39, 0.29) is 0 Å². The van der Waals surface area contributed by atoms with E-state index in [0.29, 0.717) is 5.11 Å². The number of hydrazine groups is 1. The van der Waals surface area contributed by atoms with Crippen molar-refractivity contribution >= 4 is 40.5 Å². The number of hydrogen-bond acceptors (Lipinski definition) is 3. The summed E-state index contributed by atoms with van der Waals surface area (Å²) in [5, 5.41) is 7.32. The Morgan fingerprint density at radius 1 is 1.24 bits per heavy atom. The molecule has 0 bridgehead atoms. The fourth-order valence-corrected chi connectivity index (χ4v) is 1.81. The molecule has 0 aromatic heterocycles. The number of hydrogen-bond donors (Lipinski definition) is 2. The van der Waals surface area contributed by atoms with Crippen LogP contribution in [0, 0.1) is 0 Å². The van der Waals surface area contributed by atoms with Gasteiger partial charge in [0.15, 0.2) is 0 Å². The number of rotatable bonds is 2. The largest absolute Gasteiger partial charge is 0.253 e. The molecule has 0 fully saturated rings. The normalized spacial score (nSPS) is 9.94. The maximum Gasteiger partial charge on any atom is 0.208 e. The fraction of sp³-hybridized carbons (Fsp3) is 0. The molecule has 0 atom stereocenters. The molecule has 0 saturated carbocycles. The Morgan fingerprint density at radius 3 is 2.71 bits per heavy atom. The molecule has 3 N–H and O–H groups in total. The van der Waals surface area contributed by atoms with Crippen LogP contribution in [0.25, 0.3) is 10.8 Å². The van der Waals surface area contributed by atoms with Gasteiger partial charge in [0.25, 0.3) is 0 Å². The summed E-state index contributed by atoms with van der Waals surface area (Å²) in [6.45, 7) is 3.31. The van der Waals surface area contributed by atoms with Crippen molar-refractivity contribution in [2.24, 2.45) is 10.9 Å². The Bertz CT molecular complexity index is 562. The van der Waals surface area contributed by atoms with Crippen molar-refractivity contribution in [2.45, 2.75) is 0 Å². The highest BCUT2D eigenvalue weighted by Gasteiger charge is 2.09. The Balaban J connectivity index is 2.48. The van der Waals surface area contributed by atoms with Crippen LogP contribution < -0.4 is 16.3 Å². The Morgan fingerprint density at radius 2 is 1.94 bits per heavy atom. The van der Waals surface area contributed by atoms with Crippen LogP contribution in [0.2, 0.25) is 0 Å². The monoisotopic (exact) mass is 244 g/mol. The van der Waals surface area contributed by atoms with Gasteiger partial charge >= 0.3 is 0 Å². The van der Waals surface area contributed by atoms with Crippen LogP contribution >= 0.6 is 12.2 Å². The second-order valence-corrected chi connectivity index (χ2v) is 3.83. The molecule has 4 nitrogen and oxygen atoms in total. The lowest BCUT2D eigenvalue weighted by Crippen LogP contribution is -2.42. The summed E-state index contributed by atoms with van der Waals surface area (Å²) in [6, 6.07) is 13.8. The molecular formula is C12H12N4S. The Labute approximate surface area is 105 Å². The van der Waals surface area contributed by atoms with Crippen LogP contribution in [0.15, 0.2) is 47.6 Å². The highest BCUT2D eigenvalue weighted by molar-refractivity contribution is 7.80. The minimum Gasteiger partial charge on any atom is -0.253 e. The molecule has 2 aromatic rings. The molecular weight excluding hydrogens is 232 g/mol. The summed E-state index contributed by atoms with van der Waals surface area (Å²) in [5.41, 5.74) is 3.38. The molecule has 0 amide bonds. The van der Waals surface area contributed by atoms with Gasteiger partial charge in [0.2, 0.25) is 5.11 Å². The number of thiocarbonyl (C=S) groups is 1. The van der Waals surface area contributed by atoms with Crippen LogP contribution in [0.4, 0.5) is 5.69 Å². The summed E-state index contributed by atoms with van der Waals surface area (Å²) >= 11 is 5.08. The third-order valence-corrected chi connectivity index (χ3v) is 2.71. The van der Waals surface area contributed by atoms with Gasteiger partial charge in [-0.3, -0.25) is 10.4 Å². The van der Waals surface area contributed by atoms with Gasteiger partial charge in [-0.1, -0.05) is 36.4 Å². The summed E-state index contributed by atoms with van der Waals surface area (Å²) in [7, 11) is 0. The van der Waals surface area contributed by atoms with E-state index >= 15 is 0 Å². The van der Waals surface area contributed by atoms with Crippen molar-refractivity contribution in [3.8, 4) is 0 Å². The van der Waals surface area contributed by atoms with E-state index in [4.69, 9.17) is 18.1 Å². The first-order chi connectivity index (χ1) is 8.24. The molecule has 0 heterocycles. The van der Waals surface area contributed by atoms with Crippen LogP contribution in [0.5, 0.6) is 0 Å². The molecule has 0 unspecified atom stereocenters. The summed E-state index contributed by atoms with van der Waals surface area (Å²) < 4.78 is 0. The maximum absolute atomic E-state index is 5.93. The zero-order chi connectivity index (χ0) is 12.3. The second-order valence-electron chi connectivity index (χ2n) is 3.44. The lowest BCUT2D eigenvalue weighted by molar-refractivity contribution is 0.992. The molecule has 0 radical (unpaired) electrons. The van der Waals surface area contributed by atoms with E-state index in [2.05, 4.69) is 17.2 Å². The lowest BCUT2D eigenvalue weighted by atomic mass is 10.1. The molecule has 0 aliphatic heterocycles. The van der Waals surface area contributed by atoms with Crippen molar-refractivity contribution < 1.29 is 0 Å². The molecule has 0 saturated heterocycles. The van der Waals surface area contributed by atoms with Gasteiger partial charge in [0, 0.05) is 12.1 Å². The van der Waals surface area contributed by atoms with Gasteiger partial charge in [-0.25, -0.2) is 5.84 Å². The summed E-state index contributed by atoms with van der Waals surface area (Å²) in [6.07, 6.45) is 0. The van der Waals surface area contributed by atoms with Gasteiger partial charge in [-0.15, -0.1) is 0 Å². The first kappa shape index (κ1) is 11.5. The van der Waals surface area contributed by atoms with Gasteiger partial charge in [0.1, 0.15) is 0 Å². The predicted octanol–water partition coefficient (Wildman–Crippen LogP) is 2.01. The number of hydrazone groups is 1. The van der Waals surface area contributed by atoms with Crippen LogP contribution in [0.1, 0.15) is 0 Å². The zero-order valence-corrected chi connectivity index (χ0v) is 9.95. The Hall–Kier alpha value is -1.98. The zero-order valence-electron chi connectivity index (χ0n) is 9.13. The van der Waals surface area contributed by atoms with Gasteiger partial charge in [-0.2, -0.15) is 5.10 Å². The molecule has 0 aliphatic carbocycles. The highest BCUT2D eigenvalue weighted by atomic mass is 32.1. The molecule has 86 valence electrons. The van der Waals surface area contributed by atoms with Gasteiger partial charge in [-0.05, 0) is 23.7 Å². The third-order valence-electron chi connectivity index (χ3n) is 2.42. The van der Waals surface area contributed by atoms with E-state index < -0.39 is 0 Å². The molecule has 2 rings (SSSR count). The first-order valence-electron chi connectivity index (χ1n) is 5.02. The summed E-state index contributed by atoms with van der Waals surface area (Å²) in [4.78, 5) is 0. The molecule has 0 spiro atoms. The molecule has 0 aliphatic rings. The molecule has 2 aromatic carbocycles. The quantitative estimate of drug-likeness (QED) is 0.367. The van der Waals surface area contributed by atoms with E-state index in [0.717, 1.165) is 16.5 Å². The van der Waals surface area contributed by atoms with Crippen LogP contribution in [-0.4, -0.2) is 11.8 Å². The van der Waals surface area contributed by atoms with E-state index in [1.54, 1.807) is 0 Å². The number of nitrogens with two attached hydrogens (primary N) is 1. The SMILES string of the molecule is C=NNC(=S)N(N)c1cccc2ccccc12. The summed E-state index contributed by atoms with van der Waals surface area (Å²) in [5.74, 6) is 5.93. The van der Waals surface area contributed by atoms with Crippen LogP contribution in [0.3, 0.4) is 0 Å². The number of benzene rings is 2. The maximum atomic E-state index is 5.93. The van der Waals surface area contributed by atoms with Crippen molar-refractivity contribution in [1.29, 1.82) is 0 Å². The van der Waals surface area contributed by atoms with Crippen molar-refractivity contribution in [3.05, 3.63) is 42.5 Å². The predicted molar refractivity (Wildman–Crippen MR) is 75.9 cm³/mol.